The van der Waals surface area contributed by atoms with E-state index >= 15 is 0 Å². The first kappa shape index (κ1) is 14.4. The molecule has 3 N–H and O–H groups in total. The van der Waals surface area contributed by atoms with Crippen LogP contribution in [0.15, 0.2) is 0 Å². The number of amides is 1. The molecule has 1 atom stereocenters. The Morgan fingerprint density at radius 1 is 1.59 bits per heavy atom. The van der Waals surface area contributed by atoms with Crippen LogP contribution >= 0.6 is 0 Å². The minimum atomic E-state index is -0.144. The molecule has 1 unspecified atom stereocenters. The number of ether oxygens (including phenoxy) is 1. The zero-order chi connectivity index (χ0) is 12.9. The second-order valence-electron chi connectivity index (χ2n) is 5.25. The maximum atomic E-state index is 11.1. The van der Waals surface area contributed by atoms with E-state index in [0.717, 1.165) is 26.1 Å². The van der Waals surface area contributed by atoms with Crippen molar-refractivity contribution in [3.63, 3.8) is 0 Å². The van der Waals surface area contributed by atoms with Crippen molar-refractivity contribution in [2.45, 2.75) is 38.4 Å². The number of carbonyl (C=O) groups excluding carboxylic acids is 1. The lowest BCUT2D eigenvalue weighted by molar-refractivity contribution is -0.132. The molecule has 5 heteroatoms. The molecule has 0 spiro atoms. The molecule has 1 aliphatic heterocycles. The molecule has 1 aliphatic rings. The molecule has 0 aliphatic carbocycles. The first-order chi connectivity index (χ1) is 7.96. The van der Waals surface area contributed by atoms with Crippen molar-refractivity contribution in [3.05, 3.63) is 0 Å². The average molecular weight is 243 g/mol. The fourth-order valence-electron chi connectivity index (χ4n) is 2.30. The first-order valence-corrected chi connectivity index (χ1v) is 6.27. The van der Waals surface area contributed by atoms with E-state index in [1.807, 2.05) is 0 Å². The summed E-state index contributed by atoms with van der Waals surface area (Å²) in [6.07, 6.45) is 1.58. The molecule has 0 aromatic carbocycles. The number of carbonyl (C=O) groups is 1. The molecule has 5 nitrogen and oxygen atoms in total. The van der Waals surface area contributed by atoms with Crippen molar-refractivity contribution in [2.24, 2.45) is 5.73 Å². The van der Waals surface area contributed by atoms with Gasteiger partial charge in [-0.2, -0.15) is 0 Å². The second-order valence-corrected chi connectivity index (χ2v) is 5.25. The SMILES string of the molecule is CNC(=O)CCCN1CC(CN)OC(C)(C)C1. The second kappa shape index (κ2) is 6.33. The third-order valence-electron chi connectivity index (χ3n) is 2.97. The Kier molecular flexibility index (Phi) is 5.36. The lowest BCUT2D eigenvalue weighted by Crippen LogP contribution is -2.54. The number of hydrogen-bond donors (Lipinski definition) is 2. The van der Waals surface area contributed by atoms with E-state index in [4.69, 9.17) is 10.5 Å². The van der Waals surface area contributed by atoms with Gasteiger partial charge in [-0.05, 0) is 26.8 Å². The summed E-state index contributed by atoms with van der Waals surface area (Å²) in [4.78, 5) is 13.5. The third kappa shape index (κ3) is 5.02. The van der Waals surface area contributed by atoms with Crippen LogP contribution in [0, 0.1) is 0 Å². The number of morpholine rings is 1. The van der Waals surface area contributed by atoms with Crippen LogP contribution < -0.4 is 11.1 Å². The predicted octanol–water partition coefficient (Wildman–Crippen LogP) is -0.0493. The van der Waals surface area contributed by atoms with Gasteiger partial charge in [-0.3, -0.25) is 9.69 Å². The summed E-state index contributed by atoms with van der Waals surface area (Å²) in [6.45, 7) is 7.41. The number of nitrogens with two attached hydrogens (primary N) is 1. The highest BCUT2D eigenvalue weighted by Crippen LogP contribution is 2.20. The summed E-state index contributed by atoms with van der Waals surface area (Å²) >= 11 is 0. The number of nitrogens with one attached hydrogen (secondary N) is 1. The van der Waals surface area contributed by atoms with E-state index in [1.54, 1.807) is 7.05 Å². The summed E-state index contributed by atoms with van der Waals surface area (Å²) in [7, 11) is 1.67. The number of rotatable bonds is 5. The molecular formula is C12H25N3O2. The zero-order valence-electron chi connectivity index (χ0n) is 11.2. The van der Waals surface area contributed by atoms with Gasteiger partial charge in [-0.15, -0.1) is 0 Å². The summed E-state index contributed by atoms with van der Waals surface area (Å²) < 4.78 is 5.86. The fraction of sp³-hybridized carbons (Fsp3) is 0.917. The van der Waals surface area contributed by atoms with Gasteiger partial charge in [0.05, 0.1) is 11.7 Å². The Morgan fingerprint density at radius 2 is 2.29 bits per heavy atom. The van der Waals surface area contributed by atoms with Crippen molar-refractivity contribution < 1.29 is 9.53 Å². The topological polar surface area (TPSA) is 67.6 Å². The molecule has 1 amide bonds. The zero-order valence-corrected chi connectivity index (χ0v) is 11.2. The van der Waals surface area contributed by atoms with E-state index in [-0.39, 0.29) is 17.6 Å². The van der Waals surface area contributed by atoms with Crippen LogP contribution in [0.2, 0.25) is 0 Å². The predicted molar refractivity (Wildman–Crippen MR) is 67.7 cm³/mol. The highest BCUT2D eigenvalue weighted by molar-refractivity contribution is 5.75. The van der Waals surface area contributed by atoms with Crippen molar-refractivity contribution in [1.82, 2.24) is 10.2 Å². The lowest BCUT2D eigenvalue weighted by Gasteiger charge is -2.42. The quantitative estimate of drug-likeness (QED) is 0.710. The highest BCUT2D eigenvalue weighted by atomic mass is 16.5. The molecule has 0 saturated carbocycles. The van der Waals surface area contributed by atoms with E-state index in [1.165, 1.54) is 0 Å². The van der Waals surface area contributed by atoms with E-state index in [0.29, 0.717) is 13.0 Å². The maximum absolute atomic E-state index is 11.1. The van der Waals surface area contributed by atoms with Gasteiger partial charge >= 0.3 is 0 Å². The molecule has 0 radical (unpaired) electrons. The van der Waals surface area contributed by atoms with Crippen LogP contribution in [0.4, 0.5) is 0 Å². The van der Waals surface area contributed by atoms with Crippen LogP contribution in [-0.4, -0.2) is 55.7 Å². The van der Waals surface area contributed by atoms with Crippen LogP contribution in [0.5, 0.6) is 0 Å². The molecule has 1 saturated heterocycles. The van der Waals surface area contributed by atoms with Crippen molar-refractivity contribution >= 4 is 5.91 Å². The van der Waals surface area contributed by atoms with Crippen LogP contribution in [0.25, 0.3) is 0 Å². The Bertz CT molecular complexity index is 256. The highest BCUT2D eigenvalue weighted by Gasteiger charge is 2.32. The van der Waals surface area contributed by atoms with Gasteiger partial charge in [0.15, 0.2) is 0 Å². The third-order valence-corrected chi connectivity index (χ3v) is 2.97. The van der Waals surface area contributed by atoms with Crippen molar-refractivity contribution in [1.29, 1.82) is 0 Å². The van der Waals surface area contributed by atoms with Gasteiger partial charge in [0.2, 0.25) is 5.91 Å². The van der Waals surface area contributed by atoms with Gasteiger partial charge in [0.25, 0.3) is 0 Å². The molecule has 1 rings (SSSR count). The Morgan fingerprint density at radius 3 is 2.88 bits per heavy atom. The molecule has 0 bridgehead atoms. The summed E-state index contributed by atoms with van der Waals surface area (Å²) in [5, 5.41) is 2.64. The summed E-state index contributed by atoms with van der Waals surface area (Å²) in [5.74, 6) is 0.105. The van der Waals surface area contributed by atoms with Gasteiger partial charge in [0, 0.05) is 33.1 Å². The smallest absolute Gasteiger partial charge is 0.219 e. The van der Waals surface area contributed by atoms with E-state index < -0.39 is 0 Å². The Balaban J connectivity index is 2.34. The van der Waals surface area contributed by atoms with Crippen molar-refractivity contribution in [2.75, 3.05) is 33.2 Å². The Labute approximate surface area is 104 Å². The minimum absolute atomic E-state index is 0.105. The summed E-state index contributed by atoms with van der Waals surface area (Å²) in [6, 6.07) is 0. The molecule has 100 valence electrons. The van der Waals surface area contributed by atoms with Crippen LogP contribution in [-0.2, 0) is 9.53 Å². The Hall–Kier alpha value is -0.650. The minimum Gasteiger partial charge on any atom is -0.368 e. The molecular weight excluding hydrogens is 218 g/mol. The standard InChI is InChI=1S/C12H25N3O2/c1-12(2)9-15(8-10(7-13)17-12)6-4-5-11(16)14-3/h10H,4-9,13H2,1-3H3,(H,14,16). The molecule has 1 fully saturated rings. The molecule has 1 heterocycles. The normalized spacial score (nSPS) is 24.6. The number of nitrogens with zero attached hydrogens (tertiary/aromatic N) is 1. The van der Waals surface area contributed by atoms with E-state index in [9.17, 15) is 4.79 Å². The van der Waals surface area contributed by atoms with Crippen molar-refractivity contribution in [3.8, 4) is 0 Å². The first-order valence-electron chi connectivity index (χ1n) is 6.27. The number of hydrogen-bond acceptors (Lipinski definition) is 4. The molecule has 0 aromatic heterocycles. The van der Waals surface area contributed by atoms with Crippen LogP contribution in [0.1, 0.15) is 26.7 Å². The summed E-state index contributed by atoms with van der Waals surface area (Å²) in [5.41, 5.74) is 5.53. The van der Waals surface area contributed by atoms with Crippen LogP contribution in [0.3, 0.4) is 0 Å². The monoisotopic (exact) mass is 243 g/mol. The molecule has 0 aromatic rings. The van der Waals surface area contributed by atoms with E-state index in [2.05, 4.69) is 24.1 Å². The largest absolute Gasteiger partial charge is 0.368 e. The van der Waals surface area contributed by atoms with Gasteiger partial charge in [0.1, 0.15) is 0 Å². The van der Waals surface area contributed by atoms with Gasteiger partial charge in [-0.1, -0.05) is 0 Å². The maximum Gasteiger partial charge on any atom is 0.219 e. The average Bonchev–Trinajstić information content (AvgIpc) is 2.26. The van der Waals surface area contributed by atoms with Gasteiger partial charge < -0.3 is 15.8 Å². The lowest BCUT2D eigenvalue weighted by atomic mass is 10.0. The van der Waals surface area contributed by atoms with Gasteiger partial charge in [-0.25, -0.2) is 0 Å². The molecule has 17 heavy (non-hydrogen) atoms. The fourth-order valence-corrected chi connectivity index (χ4v) is 2.30.